The van der Waals surface area contributed by atoms with Crippen LogP contribution in [0.1, 0.15) is 16.7 Å². The molecule has 0 amide bonds. The molecule has 0 aromatic heterocycles. The summed E-state index contributed by atoms with van der Waals surface area (Å²) < 4.78 is 1.32. The molecule has 1 fully saturated rings. The molecule has 28 heavy (non-hydrogen) atoms. The van der Waals surface area contributed by atoms with E-state index in [1.165, 1.54) is 37.9 Å². The Morgan fingerprint density at radius 2 is 1.29 bits per heavy atom. The summed E-state index contributed by atoms with van der Waals surface area (Å²) in [7, 11) is 0. The van der Waals surface area contributed by atoms with Gasteiger partial charge in [0.25, 0.3) is 0 Å². The van der Waals surface area contributed by atoms with Crippen molar-refractivity contribution in [3.8, 4) is 0 Å². The van der Waals surface area contributed by atoms with Crippen LogP contribution in [0.15, 0.2) is 83.1 Å². The predicted molar refractivity (Wildman–Crippen MR) is 122 cm³/mol. The van der Waals surface area contributed by atoms with Crippen molar-refractivity contribution in [3.05, 3.63) is 99.8 Å². The maximum absolute atomic E-state index is 9.95. The van der Waals surface area contributed by atoms with Crippen LogP contribution in [0.4, 0.5) is 11.4 Å². The molecule has 0 atom stereocenters. The quantitative estimate of drug-likeness (QED) is 0.576. The van der Waals surface area contributed by atoms with Gasteiger partial charge >= 0.3 is 0 Å². The highest BCUT2D eigenvalue weighted by Gasteiger charge is 2.30. The van der Waals surface area contributed by atoms with Gasteiger partial charge in [0.2, 0.25) is 0 Å². The minimum atomic E-state index is -0.219. The maximum Gasteiger partial charge on any atom is 0.0728 e. The Labute approximate surface area is 174 Å². The van der Waals surface area contributed by atoms with Gasteiger partial charge in [0.05, 0.1) is 6.10 Å². The lowest BCUT2D eigenvalue weighted by Crippen LogP contribution is -2.23. The van der Waals surface area contributed by atoms with E-state index >= 15 is 0 Å². The molecule has 4 heteroatoms. The van der Waals surface area contributed by atoms with Crippen molar-refractivity contribution < 1.29 is 5.11 Å². The Bertz CT molecular complexity index is 972. The Morgan fingerprint density at radius 1 is 0.750 bits per heavy atom. The molecule has 0 radical (unpaired) electrons. The first kappa shape index (κ1) is 17.9. The van der Waals surface area contributed by atoms with Gasteiger partial charge in [-0.15, -0.1) is 23.5 Å². The van der Waals surface area contributed by atoms with E-state index in [0.717, 1.165) is 18.1 Å². The Hall–Kier alpha value is -2.14. The summed E-state index contributed by atoms with van der Waals surface area (Å²) >= 11 is 3.57. The van der Waals surface area contributed by atoms with Crippen LogP contribution in [0.3, 0.4) is 0 Å². The number of para-hydroxylation sites is 2. The molecule has 1 saturated heterocycles. The van der Waals surface area contributed by atoms with Gasteiger partial charge in [0, 0.05) is 50.4 Å². The SMILES string of the molecule is OC1CSC(=C2c3ccccc3N(Cc3ccccc3)c3ccccc32)SC1. The first-order chi connectivity index (χ1) is 13.8. The van der Waals surface area contributed by atoms with E-state index in [1.807, 2.05) is 0 Å². The van der Waals surface area contributed by atoms with Gasteiger partial charge in [-0.1, -0.05) is 66.7 Å². The number of hydrogen-bond acceptors (Lipinski definition) is 4. The van der Waals surface area contributed by atoms with Crippen molar-refractivity contribution in [1.82, 2.24) is 0 Å². The van der Waals surface area contributed by atoms with Crippen LogP contribution < -0.4 is 4.90 Å². The van der Waals surface area contributed by atoms with Crippen LogP contribution in [0.2, 0.25) is 0 Å². The molecule has 1 N–H and O–H groups in total. The Morgan fingerprint density at radius 3 is 1.89 bits per heavy atom. The average Bonchev–Trinajstić information content (AvgIpc) is 2.75. The molecule has 140 valence electrons. The molecular weight excluding hydrogens is 382 g/mol. The van der Waals surface area contributed by atoms with Crippen LogP contribution in [-0.4, -0.2) is 22.7 Å². The number of aliphatic hydroxyl groups excluding tert-OH is 1. The zero-order chi connectivity index (χ0) is 18.9. The molecule has 3 aromatic rings. The zero-order valence-corrected chi connectivity index (χ0v) is 17.0. The number of nitrogens with zero attached hydrogens (tertiary/aromatic N) is 1. The third kappa shape index (κ3) is 3.26. The standard InChI is InChI=1S/C24H21NOS2/c26-18-15-27-24(28-16-18)23-19-10-4-6-12-21(19)25(14-17-8-2-1-3-9-17)22-13-7-5-11-20(22)23/h1-13,18,26H,14-16H2. The molecule has 0 spiro atoms. The van der Waals surface area contributed by atoms with Gasteiger partial charge in [-0.3, -0.25) is 0 Å². The molecular formula is C24H21NOS2. The maximum atomic E-state index is 9.95. The summed E-state index contributed by atoms with van der Waals surface area (Å²) in [6.07, 6.45) is -0.219. The zero-order valence-electron chi connectivity index (χ0n) is 15.4. The van der Waals surface area contributed by atoms with Crippen molar-refractivity contribution in [2.45, 2.75) is 12.6 Å². The molecule has 0 unspecified atom stereocenters. The van der Waals surface area contributed by atoms with Gasteiger partial charge in [-0.05, 0) is 17.7 Å². The lowest BCUT2D eigenvalue weighted by molar-refractivity contribution is 0.225. The molecule has 2 nitrogen and oxygen atoms in total. The average molecular weight is 404 g/mol. The molecule has 2 heterocycles. The number of benzene rings is 3. The Kier molecular flexibility index (Phi) is 4.93. The highest BCUT2D eigenvalue weighted by molar-refractivity contribution is 8.23. The van der Waals surface area contributed by atoms with E-state index in [-0.39, 0.29) is 6.10 Å². The van der Waals surface area contributed by atoms with E-state index in [9.17, 15) is 5.11 Å². The highest BCUT2D eigenvalue weighted by atomic mass is 32.2. The lowest BCUT2D eigenvalue weighted by Gasteiger charge is -2.36. The lowest BCUT2D eigenvalue weighted by atomic mass is 9.91. The van der Waals surface area contributed by atoms with E-state index < -0.39 is 0 Å². The van der Waals surface area contributed by atoms with Crippen molar-refractivity contribution >= 4 is 40.5 Å². The van der Waals surface area contributed by atoms with Crippen LogP contribution in [0.5, 0.6) is 0 Å². The predicted octanol–water partition coefficient (Wildman–Crippen LogP) is 5.90. The summed E-state index contributed by atoms with van der Waals surface area (Å²) in [5, 5.41) is 9.95. The van der Waals surface area contributed by atoms with Gasteiger partial charge in [-0.25, -0.2) is 0 Å². The van der Waals surface area contributed by atoms with Gasteiger partial charge in [0.1, 0.15) is 0 Å². The number of anilines is 2. The van der Waals surface area contributed by atoms with Crippen molar-refractivity contribution in [2.75, 3.05) is 16.4 Å². The molecule has 2 aliphatic rings. The van der Waals surface area contributed by atoms with E-state index in [0.29, 0.717) is 0 Å². The van der Waals surface area contributed by atoms with Crippen molar-refractivity contribution in [3.63, 3.8) is 0 Å². The van der Waals surface area contributed by atoms with Crippen molar-refractivity contribution in [2.24, 2.45) is 0 Å². The number of aliphatic hydroxyl groups is 1. The fourth-order valence-electron chi connectivity index (χ4n) is 3.85. The van der Waals surface area contributed by atoms with Crippen LogP contribution >= 0.6 is 23.5 Å². The molecule has 5 rings (SSSR count). The van der Waals surface area contributed by atoms with Gasteiger partial charge < -0.3 is 10.0 Å². The monoisotopic (exact) mass is 403 g/mol. The topological polar surface area (TPSA) is 23.5 Å². The minimum Gasteiger partial charge on any atom is -0.391 e. The van der Waals surface area contributed by atoms with Crippen LogP contribution in [0, 0.1) is 0 Å². The second-order valence-electron chi connectivity index (χ2n) is 7.04. The molecule has 0 bridgehead atoms. The van der Waals surface area contributed by atoms with Crippen LogP contribution in [-0.2, 0) is 6.54 Å². The van der Waals surface area contributed by atoms with E-state index in [2.05, 4.69) is 83.8 Å². The molecule has 0 saturated carbocycles. The fraction of sp³-hybridized carbons (Fsp3) is 0.167. The third-order valence-electron chi connectivity index (χ3n) is 5.13. The first-order valence-corrected chi connectivity index (χ1v) is 11.5. The summed E-state index contributed by atoms with van der Waals surface area (Å²) in [5.74, 6) is 1.54. The van der Waals surface area contributed by atoms with E-state index in [1.54, 1.807) is 23.5 Å². The molecule has 0 aliphatic carbocycles. The van der Waals surface area contributed by atoms with Gasteiger partial charge in [0.15, 0.2) is 0 Å². The molecule has 3 aromatic carbocycles. The van der Waals surface area contributed by atoms with Crippen molar-refractivity contribution in [1.29, 1.82) is 0 Å². The number of thioether (sulfide) groups is 2. The minimum absolute atomic E-state index is 0.219. The number of fused-ring (bicyclic) bond motifs is 2. The summed E-state index contributed by atoms with van der Waals surface area (Å²) in [4.78, 5) is 2.43. The number of hydrogen-bond donors (Lipinski definition) is 1. The summed E-state index contributed by atoms with van der Waals surface area (Å²) in [6.45, 7) is 0.844. The third-order valence-corrected chi connectivity index (χ3v) is 7.87. The summed E-state index contributed by atoms with van der Waals surface area (Å²) in [5.41, 5.74) is 7.68. The van der Waals surface area contributed by atoms with E-state index in [4.69, 9.17) is 0 Å². The van der Waals surface area contributed by atoms with Gasteiger partial charge in [-0.2, -0.15) is 0 Å². The Balaban J connectivity index is 1.67. The highest BCUT2D eigenvalue weighted by Crippen LogP contribution is 2.51. The molecule has 2 aliphatic heterocycles. The second-order valence-corrected chi connectivity index (χ2v) is 9.36. The second kappa shape index (κ2) is 7.70. The number of rotatable bonds is 2. The normalized spacial score (nSPS) is 18.6. The summed E-state index contributed by atoms with van der Waals surface area (Å²) in [6, 6.07) is 28.1. The first-order valence-electron chi connectivity index (χ1n) is 9.49. The fourth-order valence-corrected chi connectivity index (χ4v) is 6.39. The largest absolute Gasteiger partial charge is 0.391 e. The smallest absolute Gasteiger partial charge is 0.0728 e. The van der Waals surface area contributed by atoms with Crippen LogP contribution in [0.25, 0.3) is 5.57 Å².